The molecule has 1 fully saturated rings. The Morgan fingerprint density at radius 1 is 1.09 bits per heavy atom. The molecule has 2 amide bonds. The Balaban J connectivity index is 1.76. The van der Waals surface area contributed by atoms with Crippen LogP contribution in [0.15, 0.2) is 18.2 Å². The number of hydrogen-bond donors (Lipinski definition) is 1. The van der Waals surface area contributed by atoms with E-state index in [4.69, 9.17) is 14.2 Å². The van der Waals surface area contributed by atoms with E-state index in [0.29, 0.717) is 43.3 Å². The fraction of sp³-hybridized carbons (Fsp3) is 0.615. The minimum atomic E-state index is -1.04. The summed E-state index contributed by atoms with van der Waals surface area (Å²) >= 11 is 0. The lowest BCUT2D eigenvalue weighted by molar-refractivity contribution is -0.133. The van der Waals surface area contributed by atoms with Gasteiger partial charge in [-0.15, -0.1) is 0 Å². The molecule has 1 saturated carbocycles. The van der Waals surface area contributed by atoms with Crippen LogP contribution in [0.1, 0.15) is 62.4 Å². The first-order chi connectivity index (χ1) is 16.4. The normalized spacial score (nSPS) is 21.3. The Kier molecular flexibility index (Phi) is 7.36. The van der Waals surface area contributed by atoms with Crippen LogP contribution in [0, 0.1) is 0 Å². The van der Waals surface area contributed by atoms with Crippen molar-refractivity contribution in [1.82, 2.24) is 14.8 Å². The molecule has 1 aliphatic carbocycles. The summed E-state index contributed by atoms with van der Waals surface area (Å²) in [7, 11) is 4.87. The Bertz CT molecular complexity index is 1040. The summed E-state index contributed by atoms with van der Waals surface area (Å²) in [5, 5.41) is 4.10. The summed E-state index contributed by atoms with van der Waals surface area (Å²) in [5.41, 5.74) is 0.273. The van der Waals surface area contributed by atoms with Crippen LogP contribution in [0.4, 0.5) is 0 Å². The van der Waals surface area contributed by atoms with Crippen LogP contribution in [0.25, 0.3) is 10.9 Å². The van der Waals surface area contributed by atoms with Gasteiger partial charge in [-0.05, 0) is 44.4 Å². The van der Waals surface area contributed by atoms with Gasteiger partial charge in [0.25, 0.3) is 5.91 Å². The smallest absolute Gasteiger partial charge is 0.271 e. The van der Waals surface area contributed by atoms with Crippen LogP contribution in [0.2, 0.25) is 0 Å². The molecule has 2 heterocycles. The third kappa shape index (κ3) is 4.35. The van der Waals surface area contributed by atoms with Crippen LogP contribution < -0.4 is 14.8 Å². The second-order valence-corrected chi connectivity index (χ2v) is 9.59. The molecule has 1 unspecified atom stereocenters. The van der Waals surface area contributed by atoms with E-state index in [-0.39, 0.29) is 17.9 Å². The van der Waals surface area contributed by atoms with Crippen molar-refractivity contribution in [2.45, 2.75) is 70.0 Å². The lowest BCUT2D eigenvalue weighted by atomic mass is 9.93. The van der Waals surface area contributed by atoms with Crippen molar-refractivity contribution in [2.24, 2.45) is 0 Å². The standard InChI is InChI=1S/C26H37N3O5/c1-26(25(31)27-18-10-7-5-6-8-11-18)17-28-20(24(30)29(26)14-9-15-32-2)16-19-21(33-3)12-13-22(34-4)23(19)28/h12-13,16,18H,5-11,14-15,17H2,1-4H3,(H,27,31). The molecule has 186 valence electrons. The van der Waals surface area contributed by atoms with Crippen molar-refractivity contribution in [3.8, 4) is 11.5 Å². The van der Waals surface area contributed by atoms with Gasteiger partial charge < -0.3 is 29.0 Å². The summed E-state index contributed by atoms with van der Waals surface area (Å²) in [4.78, 5) is 29.4. The fourth-order valence-corrected chi connectivity index (χ4v) is 5.44. The van der Waals surface area contributed by atoms with E-state index in [1.165, 1.54) is 12.8 Å². The molecule has 1 atom stereocenters. The quantitative estimate of drug-likeness (QED) is 0.468. The monoisotopic (exact) mass is 471 g/mol. The van der Waals surface area contributed by atoms with Crippen LogP contribution in [-0.4, -0.2) is 67.3 Å². The summed E-state index contributed by atoms with van der Waals surface area (Å²) in [6, 6.07) is 5.68. The van der Waals surface area contributed by atoms with Crippen molar-refractivity contribution in [1.29, 1.82) is 0 Å². The molecule has 0 spiro atoms. The number of nitrogens with zero attached hydrogens (tertiary/aromatic N) is 2. The van der Waals surface area contributed by atoms with Crippen LogP contribution in [0.5, 0.6) is 11.5 Å². The minimum absolute atomic E-state index is 0.0977. The molecule has 1 aromatic carbocycles. The van der Waals surface area contributed by atoms with Crippen molar-refractivity contribution in [3.63, 3.8) is 0 Å². The summed E-state index contributed by atoms with van der Waals surface area (Å²) in [6.07, 6.45) is 7.31. The summed E-state index contributed by atoms with van der Waals surface area (Å²) in [6.45, 7) is 3.18. The zero-order valence-corrected chi connectivity index (χ0v) is 20.8. The zero-order valence-electron chi connectivity index (χ0n) is 20.8. The van der Waals surface area contributed by atoms with Gasteiger partial charge >= 0.3 is 0 Å². The minimum Gasteiger partial charge on any atom is -0.496 e. The molecular weight excluding hydrogens is 434 g/mol. The Hall–Kier alpha value is -2.74. The topological polar surface area (TPSA) is 82.0 Å². The number of rotatable bonds is 8. The van der Waals surface area contributed by atoms with Crippen LogP contribution >= 0.6 is 0 Å². The van der Waals surface area contributed by atoms with E-state index in [0.717, 1.165) is 36.6 Å². The first-order valence-corrected chi connectivity index (χ1v) is 12.3. The van der Waals surface area contributed by atoms with Crippen molar-refractivity contribution < 1.29 is 23.8 Å². The number of nitrogens with one attached hydrogen (secondary N) is 1. The average Bonchev–Trinajstić information content (AvgIpc) is 3.02. The van der Waals surface area contributed by atoms with Gasteiger partial charge in [-0.1, -0.05) is 25.7 Å². The lowest BCUT2D eigenvalue weighted by Gasteiger charge is -2.44. The maximum absolute atomic E-state index is 13.8. The molecule has 1 aromatic heterocycles. The van der Waals surface area contributed by atoms with Gasteiger partial charge in [-0.25, -0.2) is 0 Å². The maximum Gasteiger partial charge on any atom is 0.271 e. The van der Waals surface area contributed by atoms with Crippen molar-refractivity contribution in [2.75, 3.05) is 34.5 Å². The van der Waals surface area contributed by atoms with Gasteiger partial charge in [0, 0.05) is 31.7 Å². The third-order valence-corrected chi connectivity index (χ3v) is 7.36. The average molecular weight is 472 g/mol. The van der Waals surface area contributed by atoms with Crippen molar-refractivity contribution in [3.05, 3.63) is 23.9 Å². The lowest BCUT2D eigenvalue weighted by Crippen LogP contribution is -2.65. The largest absolute Gasteiger partial charge is 0.496 e. The highest BCUT2D eigenvalue weighted by Gasteiger charge is 2.48. The molecule has 1 N–H and O–H groups in total. The number of hydrogen-bond acceptors (Lipinski definition) is 5. The Labute approximate surface area is 201 Å². The van der Waals surface area contributed by atoms with Gasteiger partial charge in [0.2, 0.25) is 5.91 Å². The molecule has 4 rings (SSSR count). The number of amides is 2. The molecule has 0 radical (unpaired) electrons. The molecule has 0 bridgehead atoms. The van der Waals surface area contributed by atoms with E-state index >= 15 is 0 Å². The first-order valence-electron chi connectivity index (χ1n) is 12.3. The number of ether oxygens (including phenoxy) is 3. The number of benzene rings is 1. The second kappa shape index (κ2) is 10.3. The predicted octanol–water partition coefficient (Wildman–Crippen LogP) is 3.75. The van der Waals surface area contributed by atoms with E-state index in [1.807, 2.05) is 29.7 Å². The number of carbonyl (C=O) groups is 2. The number of methoxy groups -OCH3 is 3. The van der Waals surface area contributed by atoms with Gasteiger partial charge in [0.05, 0.1) is 26.3 Å². The molecular formula is C26H37N3O5. The summed E-state index contributed by atoms with van der Waals surface area (Å²) in [5.74, 6) is 1.05. The molecule has 8 nitrogen and oxygen atoms in total. The van der Waals surface area contributed by atoms with E-state index in [1.54, 1.807) is 26.2 Å². The van der Waals surface area contributed by atoms with Gasteiger partial charge in [-0.2, -0.15) is 0 Å². The second-order valence-electron chi connectivity index (χ2n) is 9.59. The highest BCUT2D eigenvalue weighted by Crippen LogP contribution is 2.40. The van der Waals surface area contributed by atoms with Crippen molar-refractivity contribution >= 4 is 22.7 Å². The van der Waals surface area contributed by atoms with E-state index in [9.17, 15) is 9.59 Å². The molecule has 2 aliphatic rings. The number of carbonyl (C=O) groups excluding carboxylic acids is 2. The Morgan fingerprint density at radius 2 is 1.76 bits per heavy atom. The molecule has 8 heteroatoms. The number of aromatic nitrogens is 1. The first kappa shape index (κ1) is 24.4. The zero-order chi connectivity index (χ0) is 24.3. The fourth-order valence-electron chi connectivity index (χ4n) is 5.44. The van der Waals surface area contributed by atoms with Gasteiger partial charge in [-0.3, -0.25) is 9.59 Å². The number of fused-ring (bicyclic) bond motifs is 3. The third-order valence-electron chi connectivity index (χ3n) is 7.36. The van der Waals surface area contributed by atoms with Crippen LogP contribution in [0.3, 0.4) is 0 Å². The highest BCUT2D eigenvalue weighted by molar-refractivity contribution is 6.05. The maximum atomic E-state index is 13.8. The predicted molar refractivity (Wildman–Crippen MR) is 131 cm³/mol. The van der Waals surface area contributed by atoms with E-state index < -0.39 is 5.54 Å². The molecule has 0 saturated heterocycles. The summed E-state index contributed by atoms with van der Waals surface area (Å²) < 4.78 is 18.4. The highest BCUT2D eigenvalue weighted by atomic mass is 16.5. The SMILES string of the molecule is COCCCN1C(=O)c2cc3c(OC)ccc(OC)c3n2CC1(C)C(=O)NC1CCCCCC1. The molecule has 1 aliphatic heterocycles. The molecule has 34 heavy (non-hydrogen) atoms. The van der Waals surface area contributed by atoms with Gasteiger partial charge in [0.1, 0.15) is 22.7 Å². The molecule has 2 aromatic rings. The Morgan fingerprint density at radius 3 is 2.41 bits per heavy atom. The van der Waals surface area contributed by atoms with E-state index in [2.05, 4.69) is 5.32 Å². The van der Waals surface area contributed by atoms with Crippen LogP contribution in [-0.2, 0) is 16.1 Å². The van der Waals surface area contributed by atoms with Gasteiger partial charge in [0.15, 0.2) is 0 Å².